The molecule has 0 spiro atoms. The zero-order valence-electron chi connectivity index (χ0n) is 11.9. The fraction of sp³-hybridized carbons (Fsp3) is 0.727. The summed E-state index contributed by atoms with van der Waals surface area (Å²) < 4.78 is 143. The first kappa shape index (κ1) is 23.4. The molecule has 0 bridgehead atoms. The summed E-state index contributed by atoms with van der Waals surface area (Å²) in [6.45, 7) is 0.188. The Morgan fingerprint density at radius 3 is 1.68 bits per heavy atom. The van der Waals surface area contributed by atoms with Crippen molar-refractivity contribution in [1.82, 2.24) is 0 Å². The molecule has 0 saturated heterocycles. The van der Waals surface area contributed by atoms with Crippen LogP contribution in [-0.2, 0) is 9.53 Å². The second-order valence-electron chi connectivity index (χ2n) is 4.66. The summed E-state index contributed by atoms with van der Waals surface area (Å²) in [6.07, 6.45) is -18.2. The second kappa shape index (κ2) is 6.96. The van der Waals surface area contributed by atoms with Gasteiger partial charge in [0.15, 0.2) is 0 Å². The molecule has 148 valence electrons. The standard InChI is InChI=1S/C11H9F11O3/c1-5(23)4-25-6(24)2-3-7(12,13)9(15,16)8(14,10(17,18)19)11(20,21)22/h2-3,5,23H,4H2,1H3. The molecule has 0 aromatic carbocycles. The maximum atomic E-state index is 13.2. The number of carbonyl (C=O) groups is 1. The third kappa shape index (κ3) is 4.52. The molecule has 14 heteroatoms. The van der Waals surface area contributed by atoms with Crippen LogP contribution in [0.25, 0.3) is 0 Å². The largest absolute Gasteiger partial charge is 0.460 e. The summed E-state index contributed by atoms with van der Waals surface area (Å²) in [5.41, 5.74) is -7.59. The van der Waals surface area contributed by atoms with Crippen LogP contribution in [0, 0.1) is 0 Å². The van der Waals surface area contributed by atoms with Gasteiger partial charge in [0, 0.05) is 6.08 Å². The number of ether oxygens (including phenoxy) is 1. The predicted octanol–water partition coefficient (Wildman–Crippen LogP) is 3.57. The van der Waals surface area contributed by atoms with Crippen LogP contribution in [-0.4, -0.2) is 53.7 Å². The third-order valence-corrected chi connectivity index (χ3v) is 2.53. The molecule has 0 aliphatic heterocycles. The molecule has 0 rings (SSSR count). The van der Waals surface area contributed by atoms with E-state index in [2.05, 4.69) is 4.74 Å². The van der Waals surface area contributed by atoms with Crippen molar-refractivity contribution in [3.63, 3.8) is 0 Å². The van der Waals surface area contributed by atoms with Gasteiger partial charge in [-0.1, -0.05) is 0 Å². The van der Waals surface area contributed by atoms with Gasteiger partial charge in [-0.05, 0) is 13.0 Å². The van der Waals surface area contributed by atoms with Crippen molar-refractivity contribution in [3.8, 4) is 0 Å². The van der Waals surface area contributed by atoms with Gasteiger partial charge in [-0.2, -0.15) is 43.9 Å². The Balaban J connectivity index is 5.82. The predicted molar refractivity (Wildman–Crippen MR) is 57.6 cm³/mol. The Kier molecular flexibility index (Phi) is 6.51. The summed E-state index contributed by atoms with van der Waals surface area (Å²) in [5.74, 6) is -15.6. The molecule has 0 aliphatic carbocycles. The molecular formula is C11H9F11O3. The van der Waals surface area contributed by atoms with E-state index in [-0.39, 0.29) is 0 Å². The van der Waals surface area contributed by atoms with Crippen molar-refractivity contribution in [2.24, 2.45) is 0 Å². The zero-order chi connectivity index (χ0) is 20.5. The van der Waals surface area contributed by atoms with Crippen molar-refractivity contribution < 1.29 is 62.9 Å². The molecule has 0 aliphatic rings. The molecule has 1 N–H and O–H groups in total. The molecule has 0 amide bonds. The van der Waals surface area contributed by atoms with Crippen LogP contribution in [0.2, 0.25) is 0 Å². The van der Waals surface area contributed by atoms with Crippen LogP contribution in [0.4, 0.5) is 48.3 Å². The maximum Gasteiger partial charge on any atom is 0.438 e. The summed E-state index contributed by atoms with van der Waals surface area (Å²) in [4.78, 5) is 10.8. The van der Waals surface area contributed by atoms with Crippen molar-refractivity contribution in [3.05, 3.63) is 12.2 Å². The fourth-order valence-electron chi connectivity index (χ4n) is 1.27. The van der Waals surface area contributed by atoms with E-state index in [1.54, 1.807) is 0 Å². The highest BCUT2D eigenvalue weighted by molar-refractivity contribution is 5.82. The molecule has 0 aromatic heterocycles. The van der Waals surface area contributed by atoms with Crippen molar-refractivity contribution in [2.75, 3.05) is 6.61 Å². The smallest absolute Gasteiger partial charge is 0.438 e. The van der Waals surface area contributed by atoms with E-state index in [1.807, 2.05) is 0 Å². The van der Waals surface area contributed by atoms with Crippen molar-refractivity contribution in [2.45, 2.75) is 42.9 Å². The summed E-state index contributed by atoms with van der Waals surface area (Å²) in [7, 11) is 0. The van der Waals surface area contributed by atoms with Gasteiger partial charge in [-0.25, -0.2) is 9.18 Å². The van der Waals surface area contributed by atoms with Crippen LogP contribution in [0.1, 0.15) is 6.92 Å². The van der Waals surface area contributed by atoms with Crippen LogP contribution < -0.4 is 0 Å². The number of alkyl halides is 11. The molecule has 3 nitrogen and oxygen atoms in total. The van der Waals surface area contributed by atoms with E-state index in [9.17, 15) is 53.1 Å². The van der Waals surface area contributed by atoms with E-state index in [1.165, 1.54) is 0 Å². The average Bonchev–Trinajstić information content (AvgIpc) is 2.39. The molecule has 0 radical (unpaired) electrons. The summed E-state index contributed by atoms with van der Waals surface area (Å²) in [5, 5.41) is 8.68. The van der Waals surface area contributed by atoms with Gasteiger partial charge in [0.25, 0.3) is 0 Å². The van der Waals surface area contributed by atoms with Crippen LogP contribution in [0.15, 0.2) is 12.2 Å². The van der Waals surface area contributed by atoms with Gasteiger partial charge in [-0.3, -0.25) is 0 Å². The van der Waals surface area contributed by atoms with Gasteiger partial charge >= 0.3 is 35.8 Å². The zero-order valence-corrected chi connectivity index (χ0v) is 11.9. The number of aliphatic hydroxyl groups excluding tert-OH is 1. The summed E-state index contributed by atoms with van der Waals surface area (Å²) in [6, 6.07) is 0. The molecule has 0 fully saturated rings. The number of allylic oxidation sites excluding steroid dienone is 1. The number of carbonyl (C=O) groups excluding carboxylic acids is 1. The highest BCUT2D eigenvalue weighted by atomic mass is 19.4. The molecule has 1 unspecified atom stereocenters. The molecule has 0 saturated carbocycles. The first-order valence-corrected chi connectivity index (χ1v) is 5.93. The lowest BCUT2D eigenvalue weighted by molar-refractivity contribution is -0.420. The Hall–Kier alpha value is -1.60. The van der Waals surface area contributed by atoms with E-state index in [0.29, 0.717) is 0 Å². The number of hydrogen-bond donors (Lipinski definition) is 1. The van der Waals surface area contributed by atoms with E-state index in [0.717, 1.165) is 6.92 Å². The molecular weight excluding hydrogens is 389 g/mol. The molecule has 25 heavy (non-hydrogen) atoms. The lowest BCUT2D eigenvalue weighted by Crippen LogP contribution is -2.69. The maximum absolute atomic E-state index is 13.2. The lowest BCUT2D eigenvalue weighted by atomic mass is 9.90. The Bertz CT molecular complexity index is 490. The number of hydrogen-bond acceptors (Lipinski definition) is 3. The van der Waals surface area contributed by atoms with E-state index >= 15 is 0 Å². The minimum Gasteiger partial charge on any atom is -0.460 e. The lowest BCUT2D eigenvalue weighted by Gasteiger charge is -2.38. The third-order valence-electron chi connectivity index (χ3n) is 2.53. The van der Waals surface area contributed by atoms with Gasteiger partial charge < -0.3 is 9.84 Å². The van der Waals surface area contributed by atoms with Crippen molar-refractivity contribution in [1.29, 1.82) is 0 Å². The van der Waals surface area contributed by atoms with Gasteiger partial charge in [0.05, 0.1) is 6.10 Å². The molecule has 0 aromatic rings. The highest BCUT2D eigenvalue weighted by Gasteiger charge is 2.89. The first-order chi connectivity index (χ1) is 10.8. The first-order valence-electron chi connectivity index (χ1n) is 5.93. The van der Waals surface area contributed by atoms with Crippen LogP contribution in [0.5, 0.6) is 0 Å². The fourth-order valence-corrected chi connectivity index (χ4v) is 1.27. The van der Waals surface area contributed by atoms with Gasteiger partial charge in [0.1, 0.15) is 6.61 Å². The number of esters is 1. The average molecular weight is 398 g/mol. The minimum atomic E-state index is -7.59. The van der Waals surface area contributed by atoms with E-state index in [4.69, 9.17) is 5.11 Å². The molecule has 0 heterocycles. The Morgan fingerprint density at radius 2 is 1.36 bits per heavy atom. The normalized spacial score (nSPS) is 16.2. The molecule has 1 atom stereocenters. The highest BCUT2D eigenvalue weighted by Crippen LogP contribution is 2.59. The van der Waals surface area contributed by atoms with Gasteiger partial charge in [-0.15, -0.1) is 0 Å². The monoisotopic (exact) mass is 398 g/mol. The Labute approximate surface area is 132 Å². The number of aliphatic hydroxyl groups is 1. The SMILES string of the molecule is CC(O)COC(=O)C=CC(F)(F)C(F)(F)C(F)(C(F)(F)F)C(F)(F)F. The Morgan fingerprint density at radius 1 is 0.960 bits per heavy atom. The summed E-state index contributed by atoms with van der Waals surface area (Å²) >= 11 is 0. The quantitative estimate of drug-likeness (QED) is 0.423. The number of halogens is 11. The van der Waals surface area contributed by atoms with Crippen LogP contribution in [0.3, 0.4) is 0 Å². The van der Waals surface area contributed by atoms with Crippen LogP contribution >= 0.6 is 0 Å². The van der Waals surface area contributed by atoms with Crippen molar-refractivity contribution >= 4 is 5.97 Å². The van der Waals surface area contributed by atoms with E-state index < -0.39 is 60.7 Å². The van der Waals surface area contributed by atoms with Gasteiger partial charge in [0.2, 0.25) is 0 Å². The second-order valence-corrected chi connectivity index (χ2v) is 4.66. The topological polar surface area (TPSA) is 46.5 Å². The minimum absolute atomic E-state index is 0.622. The number of rotatable bonds is 6.